The van der Waals surface area contributed by atoms with Gasteiger partial charge in [0.2, 0.25) is 5.91 Å². The van der Waals surface area contributed by atoms with E-state index in [1.807, 2.05) is 26.8 Å². The van der Waals surface area contributed by atoms with Gasteiger partial charge in [0, 0.05) is 0 Å². The average molecular weight is 515 g/mol. The minimum Gasteiger partial charge on any atom is -0.462 e. The summed E-state index contributed by atoms with van der Waals surface area (Å²) in [5, 5.41) is 2.77. The summed E-state index contributed by atoms with van der Waals surface area (Å²) >= 11 is 6.26. The summed E-state index contributed by atoms with van der Waals surface area (Å²) in [5.41, 5.74) is 3.51. The molecule has 3 aromatic carbocycles. The summed E-state index contributed by atoms with van der Waals surface area (Å²) in [6.07, 6.45) is 0. The van der Waals surface area contributed by atoms with Crippen molar-refractivity contribution >= 4 is 44.9 Å². The number of nitrogens with zero attached hydrogens (tertiary/aromatic N) is 1. The fourth-order valence-corrected chi connectivity index (χ4v) is 5.16. The van der Waals surface area contributed by atoms with Gasteiger partial charge in [-0.15, -0.1) is 0 Å². The minimum atomic E-state index is -4.05. The number of aryl methyl sites for hydroxylation is 3. The number of rotatable bonds is 8. The number of carbonyl (C=O) groups is 2. The molecule has 0 aliphatic rings. The van der Waals surface area contributed by atoms with E-state index < -0.39 is 28.4 Å². The molecule has 0 heterocycles. The number of carbonyl (C=O) groups excluding carboxylic acids is 2. The predicted molar refractivity (Wildman–Crippen MR) is 138 cm³/mol. The van der Waals surface area contributed by atoms with E-state index in [-0.39, 0.29) is 27.8 Å². The van der Waals surface area contributed by atoms with E-state index in [2.05, 4.69) is 5.32 Å². The first kappa shape index (κ1) is 26.2. The molecule has 184 valence electrons. The maximum atomic E-state index is 13.6. The second kappa shape index (κ2) is 10.9. The highest BCUT2D eigenvalue weighted by Crippen LogP contribution is 2.27. The van der Waals surface area contributed by atoms with E-state index in [9.17, 15) is 18.0 Å². The van der Waals surface area contributed by atoms with Crippen LogP contribution in [0.2, 0.25) is 5.02 Å². The lowest BCUT2D eigenvalue weighted by Crippen LogP contribution is -2.38. The maximum Gasteiger partial charge on any atom is 0.338 e. The minimum absolute atomic E-state index is 0.0758. The third-order valence-corrected chi connectivity index (χ3v) is 7.25. The van der Waals surface area contributed by atoms with Crippen LogP contribution < -0.4 is 9.62 Å². The molecular formula is C26H27ClN2O5S. The topological polar surface area (TPSA) is 92.8 Å². The van der Waals surface area contributed by atoms with Crippen molar-refractivity contribution in [3.05, 3.63) is 87.9 Å². The molecule has 0 spiro atoms. The highest BCUT2D eigenvalue weighted by Gasteiger charge is 2.28. The number of hydrogen-bond donors (Lipinski definition) is 1. The van der Waals surface area contributed by atoms with Gasteiger partial charge >= 0.3 is 5.97 Å². The molecule has 0 saturated heterocycles. The van der Waals surface area contributed by atoms with Gasteiger partial charge in [-0.3, -0.25) is 9.10 Å². The fraction of sp³-hybridized carbons (Fsp3) is 0.231. The van der Waals surface area contributed by atoms with Gasteiger partial charge in [0.25, 0.3) is 10.0 Å². The van der Waals surface area contributed by atoms with Crippen LogP contribution in [-0.4, -0.2) is 33.4 Å². The number of benzene rings is 3. The van der Waals surface area contributed by atoms with Gasteiger partial charge < -0.3 is 10.1 Å². The molecule has 0 atom stereocenters. The Bertz CT molecular complexity index is 1330. The Morgan fingerprint density at radius 3 is 2.11 bits per heavy atom. The van der Waals surface area contributed by atoms with Gasteiger partial charge in [0.1, 0.15) is 6.54 Å². The van der Waals surface area contributed by atoms with E-state index in [4.69, 9.17) is 16.3 Å². The largest absolute Gasteiger partial charge is 0.462 e. The van der Waals surface area contributed by atoms with Crippen molar-refractivity contribution < 1.29 is 22.7 Å². The van der Waals surface area contributed by atoms with Crippen LogP contribution in [0.5, 0.6) is 0 Å². The Hall–Kier alpha value is -3.36. The lowest BCUT2D eigenvalue weighted by molar-refractivity contribution is -0.114. The third kappa shape index (κ3) is 6.41. The average Bonchev–Trinajstić information content (AvgIpc) is 2.78. The zero-order valence-corrected chi connectivity index (χ0v) is 21.5. The SMILES string of the molecule is CCOC(=O)c1ccc(NC(=O)CN(c2cc(C)cc(C)c2)S(=O)(=O)c2ccc(C)cc2)c(Cl)c1. The van der Waals surface area contributed by atoms with E-state index in [1.54, 1.807) is 31.2 Å². The van der Waals surface area contributed by atoms with Gasteiger partial charge in [-0.05, 0) is 81.3 Å². The van der Waals surface area contributed by atoms with Crippen LogP contribution in [0.4, 0.5) is 11.4 Å². The van der Waals surface area contributed by atoms with Gasteiger partial charge in [-0.1, -0.05) is 35.4 Å². The number of esters is 1. The molecule has 0 aliphatic heterocycles. The van der Waals surface area contributed by atoms with Crippen molar-refractivity contribution in [3.8, 4) is 0 Å². The highest BCUT2D eigenvalue weighted by molar-refractivity contribution is 7.92. The van der Waals surface area contributed by atoms with Crippen LogP contribution in [0.25, 0.3) is 0 Å². The predicted octanol–water partition coefficient (Wildman–Crippen LogP) is 5.28. The van der Waals surface area contributed by atoms with Gasteiger partial charge in [0.05, 0.1) is 33.5 Å². The number of ether oxygens (including phenoxy) is 1. The number of hydrogen-bond acceptors (Lipinski definition) is 5. The second-order valence-corrected chi connectivity index (χ2v) is 10.4. The standard InChI is InChI=1S/C26H27ClN2O5S/c1-5-34-26(31)20-8-11-24(23(27)15-20)28-25(30)16-29(21-13-18(3)12-19(4)14-21)35(32,33)22-9-6-17(2)7-10-22/h6-15H,5,16H2,1-4H3,(H,28,30). The van der Waals surface area contributed by atoms with Crippen molar-refractivity contribution in [2.45, 2.75) is 32.6 Å². The van der Waals surface area contributed by atoms with E-state index in [0.717, 1.165) is 21.0 Å². The van der Waals surface area contributed by atoms with Crippen molar-refractivity contribution in [1.82, 2.24) is 0 Å². The normalized spacial score (nSPS) is 11.1. The number of nitrogens with one attached hydrogen (secondary N) is 1. The van der Waals surface area contributed by atoms with E-state index in [0.29, 0.717) is 5.69 Å². The molecule has 0 aromatic heterocycles. The molecule has 9 heteroatoms. The molecule has 3 rings (SSSR count). The Balaban J connectivity index is 1.92. The quantitative estimate of drug-likeness (QED) is 0.413. The summed E-state index contributed by atoms with van der Waals surface area (Å²) in [7, 11) is -4.05. The molecule has 0 saturated carbocycles. The molecule has 0 fully saturated rings. The number of sulfonamides is 1. The first-order valence-electron chi connectivity index (χ1n) is 11.0. The van der Waals surface area contributed by atoms with E-state index >= 15 is 0 Å². The van der Waals surface area contributed by atoms with E-state index in [1.165, 1.54) is 30.3 Å². The zero-order valence-electron chi connectivity index (χ0n) is 20.0. The fourth-order valence-electron chi connectivity index (χ4n) is 3.53. The molecule has 0 unspecified atom stereocenters. The van der Waals surface area contributed by atoms with Crippen LogP contribution in [0.1, 0.15) is 34.0 Å². The Labute approximate surface area is 210 Å². The third-order valence-electron chi connectivity index (χ3n) is 5.14. The van der Waals surface area contributed by atoms with Crippen LogP contribution >= 0.6 is 11.6 Å². The van der Waals surface area contributed by atoms with Crippen LogP contribution in [0, 0.1) is 20.8 Å². The molecular weight excluding hydrogens is 488 g/mol. The molecule has 0 aliphatic carbocycles. The monoisotopic (exact) mass is 514 g/mol. The van der Waals surface area contributed by atoms with Gasteiger partial charge in [-0.2, -0.15) is 0 Å². The summed E-state index contributed by atoms with van der Waals surface area (Å²) in [5.74, 6) is -1.12. The van der Waals surface area contributed by atoms with Crippen LogP contribution in [0.3, 0.4) is 0 Å². The molecule has 35 heavy (non-hydrogen) atoms. The maximum absolute atomic E-state index is 13.6. The van der Waals surface area contributed by atoms with Gasteiger partial charge in [0.15, 0.2) is 0 Å². The molecule has 3 aromatic rings. The number of halogens is 1. The number of anilines is 2. The van der Waals surface area contributed by atoms with Crippen molar-refractivity contribution in [2.24, 2.45) is 0 Å². The molecule has 7 nitrogen and oxygen atoms in total. The van der Waals surface area contributed by atoms with Crippen molar-refractivity contribution in [1.29, 1.82) is 0 Å². The van der Waals surface area contributed by atoms with Crippen molar-refractivity contribution in [3.63, 3.8) is 0 Å². The summed E-state index contributed by atoms with van der Waals surface area (Å²) in [6, 6.07) is 16.1. The Morgan fingerprint density at radius 1 is 0.914 bits per heavy atom. The summed E-state index contributed by atoms with van der Waals surface area (Å²) in [4.78, 5) is 25.0. The van der Waals surface area contributed by atoms with Crippen molar-refractivity contribution in [2.75, 3.05) is 22.8 Å². The highest BCUT2D eigenvalue weighted by atomic mass is 35.5. The Kier molecular flexibility index (Phi) is 8.19. The van der Waals surface area contributed by atoms with Crippen LogP contribution in [0.15, 0.2) is 65.6 Å². The first-order chi connectivity index (χ1) is 16.5. The van der Waals surface area contributed by atoms with Gasteiger partial charge in [-0.25, -0.2) is 13.2 Å². The zero-order chi connectivity index (χ0) is 25.8. The smallest absolute Gasteiger partial charge is 0.338 e. The molecule has 1 amide bonds. The molecule has 1 N–H and O–H groups in total. The molecule has 0 radical (unpaired) electrons. The second-order valence-electron chi connectivity index (χ2n) is 8.13. The lowest BCUT2D eigenvalue weighted by atomic mass is 10.1. The Morgan fingerprint density at radius 2 is 1.54 bits per heavy atom. The summed E-state index contributed by atoms with van der Waals surface area (Å²) in [6.45, 7) is 7.02. The molecule has 0 bridgehead atoms. The number of amides is 1. The lowest BCUT2D eigenvalue weighted by Gasteiger charge is -2.25. The van der Waals surface area contributed by atoms with Crippen LogP contribution in [-0.2, 0) is 19.6 Å². The first-order valence-corrected chi connectivity index (χ1v) is 12.8. The summed E-state index contributed by atoms with van der Waals surface area (Å²) < 4.78 is 33.2.